The first-order valence-electron chi connectivity index (χ1n) is 10.7. The van der Waals surface area contributed by atoms with E-state index in [1.807, 2.05) is 37.4 Å². The van der Waals surface area contributed by atoms with E-state index in [2.05, 4.69) is 5.32 Å². The molecule has 4 fully saturated rings. The average molecular weight is 371 g/mol. The van der Waals surface area contributed by atoms with E-state index in [0.717, 1.165) is 36.4 Å². The zero-order valence-electron chi connectivity index (χ0n) is 16.7. The van der Waals surface area contributed by atoms with Crippen molar-refractivity contribution in [3.63, 3.8) is 0 Å². The van der Waals surface area contributed by atoms with Gasteiger partial charge in [0, 0.05) is 20.1 Å². The fraction of sp³-hybridized carbons (Fsp3) is 0.696. The lowest BCUT2D eigenvalue weighted by atomic mass is 9.49. The molecule has 4 nitrogen and oxygen atoms in total. The molecule has 148 valence electrons. The van der Waals surface area contributed by atoms with Crippen LogP contribution in [0.25, 0.3) is 0 Å². The van der Waals surface area contributed by atoms with Crippen LogP contribution in [-0.2, 0) is 11.3 Å². The lowest BCUT2D eigenvalue weighted by molar-refractivity contribution is -0.0567. The minimum absolute atomic E-state index is 0.248. The molecule has 4 aliphatic rings. The average Bonchev–Trinajstić information content (AvgIpc) is 2.65. The molecule has 0 atom stereocenters. The van der Waals surface area contributed by atoms with Crippen molar-refractivity contribution in [3.8, 4) is 0 Å². The third kappa shape index (κ3) is 4.66. The van der Waals surface area contributed by atoms with Crippen LogP contribution in [0.1, 0.15) is 50.5 Å². The highest BCUT2D eigenvalue weighted by atomic mass is 16.6. The Kier molecular flexibility index (Phi) is 5.72. The van der Waals surface area contributed by atoms with Gasteiger partial charge in [-0.2, -0.15) is 0 Å². The lowest BCUT2D eigenvalue weighted by Gasteiger charge is -2.57. The zero-order valence-corrected chi connectivity index (χ0v) is 16.7. The van der Waals surface area contributed by atoms with Crippen LogP contribution in [0.3, 0.4) is 0 Å². The number of likely N-dealkylation sites (N-methyl/N-ethyl adjacent to an activating group) is 1. The Hall–Kier alpha value is -1.55. The van der Waals surface area contributed by atoms with Crippen molar-refractivity contribution in [2.75, 3.05) is 26.7 Å². The molecular formula is C23H34N2O2. The van der Waals surface area contributed by atoms with Crippen LogP contribution in [0.15, 0.2) is 30.3 Å². The van der Waals surface area contributed by atoms with E-state index in [-0.39, 0.29) is 6.09 Å². The fourth-order valence-corrected chi connectivity index (χ4v) is 6.24. The summed E-state index contributed by atoms with van der Waals surface area (Å²) in [5.74, 6) is 3.09. The topological polar surface area (TPSA) is 41.6 Å². The SMILES string of the molecule is CN(CCNCCC12CC3CC(CC(C3)C1)C2)C(=O)OCc1ccccc1. The van der Waals surface area contributed by atoms with Crippen LogP contribution in [0.5, 0.6) is 0 Å². The summed E-state index contributed by atoms with van der Waals surface area (Å²) in [6.07, 6.45) is 10.1. The molecule has 1 aromatic carbocycles. The van der Waals surface area contributed by atoms with E-state index in [0.29, 0.717) is 18.6 Å². The van der Waals surface area contributed by atoms with Crippen LogP contribution in [-0.4, -0.2) is 37.7 Å². The number of hydrogen-bond donors (Lipinski definition) is 1. The first-order valence-corrected chi connectivity index (χ1v) is 10.7. The molecule has 1 amide bonds. The van der Waals surface area contributed by atoms with Gasteiger partial charge in [-0.1, -0.05) is 30.3 Å². The lowest BCUT2D eigenvalue weighted by Crippen LogP contribution is -2.47. The van der Waals surface area contributed by atoms with E-state index < -0.39 is 0 Å². The van der Waals surface area contributed by atoms with Gasteiger partial charge in [0.05, 0.1) is 0 Å². The van der Waals surface area contributed by atoms with Crippen LogP contribution >= 0.6 is 0 Å². The van der Waals surface area contributed by atoms with Crippen molar-refractivity contribution in [2.45, 2.75) is 51.6 Å². The first kappa shape index (κ1) is 18.8. The largest absolute Gasteiger partial charge is 0.445 e. The van der Waals surface area contributed by atoms with Crippen molar-refractivity contribution >= 4 is 6.09 Å². The predicted molar refractivity (Wildman–Crippen MR) is 107 cm³/mol. The quantitative estimate of drug-likeness (QED) is 0.687. The van der Waals surface area contributed by atoms with Crippen molar-refractivity contribution in [1.29, 1.82) is 0 Å². The van der Waals surface area contributed by atoms with Crippen LogP contribution < -0.4 is 5.32 Å². The Morgan fingerprint density at radius 3 is 2.33 bits per heavy atom. The highest BCUT2D eigenvalue weighted by Crippen LogP contribution is 2.61. The van der Waals surface area contributed by atoms with Gasteiger partial charge in [-0.15, -0.1) is 0 Å². The molecule has 0 unspecified atom stereocenters. The molecule has 1 aromatic rings. The normalized spacial score (nSPS) is 31.1. The third-order valence-electron chi connectivity index (χ3n) is 7.14. The summed E-state index contributed by atoms with van der Waals surface area (Å²) in [6, 6.07) is 9.83. The molecule has 0 saturated heterocycles. The Morgan fingerprint density at radius 1 is 1.07 bits per heavy atom. The van der Waals surface area contributed by atoms with E-state index in [9.17, 15) is 4.79 Å². The maximum Gasteiger partial charge on any atom is 0.409 e. The van der Waals surface area contributed by atoms with Crippen molar-refractivity contribution in [3.05, 3.63) is 35.9 Å². The number of carbonyl (C=O) groups excluding carboxylic acids is 1. The number of nitrogens with zero attached hydrogens (tertiary/aromatic N) is 1. The van der Waals surface area contributed by atoms with Gasteiger partial charge in [0.2, 0.25) is 0 Å². The van der Waals surface area contributed by atoms with Gasteiger partial charge in [-0.25, -0.2) is 4.79 Å². The molecular weight excluding hydrogens is 336 g/mol. The molecule has 0 spiro atoms. The van der Waals surface area contributed by atoms with E-state index >= 15 is 0 Å². The number of nitrogens with one attached hydrogen (secondary N) is 1. The summed E-state index contributed by atoms with van der Waals surface area (Å²) in [6.45, 7) is 2.94. The molecule has 4 bridgehead atoms. The highest BCUT2D eigenvalue weighted by Gasteiger charge is 2.50. The summed E-state index contributed by atoms with van der Waals surface area (Å²) in [7, 11) is 1.81. The van der Waals surface area contributed by atoms with Crippen LogP contribution in [0, 0.1) is 23.2 Å². The maximum absolute atomic E-state index is 12.1. The number of carbonyl (C=O) groups is 1. The molecule has 5 rings (SSSR count). The molecule has 0 aliphatic heterocycles. The van der Waals surface area contributed by atoms with Gasteiger partial charge in [-0.05, 0) is 80.2 Å². The molecule has 4 saturated carbocycles. The van der Waals surface area contributed by atoms with Gasteiger partial charge in [-0.3, -0.25) is 0 Å². The summed E-state index contributed by atoms with van der Waals surface area (Å²) in [4.78, 5) is 13.8. The Morgan fingerprint density at radius 2 is 1.70 bits per heavy atom. The standard InChI is InChI=1S/C23H34N2O2/c1-25(22(26)27-17-18-5-3-2-4-6-18)10-9-24-8-7-23-14-19-11-20(15-23)13-21(12-19)16-23/h2-6,19-21,24H,7-17H2,1H3. The minimum atomic E-state index is -0.248. The number of benzene rings is 1. The second kappa shape index (κ2) is 8.22. The predicted octanol–water partition coefficient (Wildman–Crippen LogP) is 4.45. The van der Waals surface area contributed by atoms with Crippen molar-refractivity contribution < 1.29 is 9.53 Å². The molecule has 4 aliphatic carbocycles. The monoisotopic (exact) mass is 370 g/mol. The van der Waals surface area contributed by atoms with Crippen molar-refractivity contribution in [1.82, 2.24) is 10.2 Å². The first-order chi connectivity index (χ1) is 13.1. The molecule has 0 aromatic heterocycles. The van der Waals surface area contributed by atoms with Gasteiger partial charge < -0.3 is 15.0 Å². The Bertz CT molecular complexity index is 595. The number of amides is 1. The molecule has 0 radical (unpaired) electrons. The molecule has 0 heterocycles. The molecule has 27 heavy (non-hydrogen) atoms. The maximum atomic E-state index is 12.1. The molecule has 1 N–H and O–H groups in total. The van der Waals surface area contributed by atoms with E-state index in [4.69, 9.17) is 4.74 Å². The number of rotatable bonds is 8. The van der Waals surface area contributed by atoms with Gasteiger partial charge in [0.1, 0.15) is 6.61 Å². The van der Waals surface area contributed by atoms with Gasteiger partial charge >= 0.3 is 6.09 Å². The number of ether oxygens (including phenoxy) is 1. The van der Waals surface area contributed by atoms with Gasteiger partial charge in [0.25, 0.3) is 0 Å². The summed E-state index contributed by atoms with van der Waals surface area (Å²) >= 11 is 0. The second-order valence-electron chi connectivity index (χ2n) is 9.38. The second-order valence-corrected chi connectivity index (χ2v) is 9.38. The van der Waals surface area contributed by atoms with E-state index in [1.54, 1.807) is 4.90 Å². The summed E-state index contributed by atoms with van der Waals surface area (Å²) in [5.41, 5.74) is 1.66. The molecule has 4 heteroatoms. The Balaban J connectivity index is 1.12. The fourth-order valence-electron chi connectivity index (χ4n) is 6.24. The van der Waals surface area contributed by atoms with E-state index in [1.165, 1.54) is 44.9 Å². The smallest absolute Gasteiger partial charge is 0.409 e. The third-order valence-corrected chi connectivity index (χ3v) is 7.14. The Labute approximate surface area is 163 Å². The zero-order chi connectivity index (χ0) is 18.7. The van der Waals surface area contributed by atoms with Crippen LogP contribution in [0.2, 0.25) is 0 Å². The highest BCUT2D eigenvalue weighted by molar-refractivity contribution is 5.67. The summed E-state index contributed by atoms with van der Waals surface area (Å²) < 4.78 is 5.37. The van der Waals surface area contributed by atoms with Gasteiger partial charge in [0.15, 0.2) is 0 Å². The van der Waals surface area contributed by atoms with Crippen molar-refractivity contribution in [2.24, 2.45) is 23.2 Å². The summed E-state index contributed by atoms with van der Waals surface area (Å²) in [5, 5.41) is 3.57. The minimum Gasteiger partial charge on any atom is -0.445 e. The number of hydrogen-bond acceptors (Lipinski definition) is 3. The van der Waals surface area contributed by atoms with Crippen LogP contribution in [0.4, 0.5) is 4.79 Å².